The molecule has 1 aromatic heterocycles. The Balaban J connectivity index is 2.08. The first-order chi connectivity index (χ1) is 14.0. The van der Waals surface area contributed by atoms with Crippen LogP contribution in [0.1, 0.15) is 23.5 Å². The maximum Gasteiger partial charge on any atom is 0.279 e. The Hall–Kier alpha value is -3.00. The number of hydrogen-bond acceptors (Lipinski definition) is 6. The van der Waals surface area contributed by atoms with Gasteiger partial charge in [-0.25, -0.2) is 0 Å². The average molecular weight is 413 g/mol. The molecule has 8 heteroatoms. The van der Waals surface area contributed by atoms with Crippen molar-refractivity contribution in [1.29, 1.82) is 0 Å². The fraction of sp³-hybridized carbons (Fsp3) is 0.286. The van der Waals surface area contributed by atoms with Gasteiger partial charge in [0, 0.05) is 25.1 Å². The molecular formula is C21H23N3O4S. The van der Waals surface area contributed by atoms with Crippen molar-refractivity contribution in [1.82, 2.24) is 9.55 Å². The fourth-order valence-corrected chi connectivity index (χ4v) is 3.95. The summed E-state index contributed by atoms with van der Waals surface area (Å²) >= 11 is 1.39. The zero-order valence-corrected chi connectivity index (χ0v) is 17.3. The zero-order valence-electron chi connectivity index (χ0n) is 16.4. The number of ether oxygens (including phenoxy) is 2. The van der Waals surface area contributed by atoms with Crippen LogP contribution in [0.3, 0.4) is 0 Å². The Kier molecular flexibility index (Phi) is 6.43. The normalized spacial score (nSPS) is 15.2. The molecule has 1 amide bonds. The van der Waals surface area contributed by atoms with Crippen molar-refractivity contribution in [2.75, 3.05) is 24.8 Å². The van der Waals surface area contributed by atoms with Gasteiger partial charge in [-0.2, -0.15) is 4.98 Å². The van der Waals surface area contributed by atoms with Gasteiger partial charge in [-0.05, 0) is 17.7 Å². The van der Waals surface area contributed by atoms with E-state index >= 15 is 0 Å². The molecule has 0 bridgehead atoms. The van der Waals surface area contributed by atoms with Gasteiger partial charge in [0.15, 0.2) is 16.7 Å². The first-order valence-electron chi connectivity index (χ1n) is 9.06. The van der Waals surface area contributed by atoms with Crippen LogP contribution in [-0.2, 0) is 11.8 Å². The third kappa shape index (κ3) is 4.22. The van der Waals surface area contributed by atoms with Crippen molar-refractivity contribution in [3.8, 4) is 11.5 Å². The number of hydrogen-bond donors (Lipinski definition) is 1. The van der Waals surface area contributed by atoms with Crippen LogP contribution in [0.5, 0.6) is 11.5 Å². The molecule has 0 radical (unpaired) electrons. The molecule has 1 aromatic carbocycles. The van der Waals surface area contributed by atoms with Crippen molar-refractivity contribution in [2.45, 2.75) is 17.5 Å². The predicted molar refractivity (Wildman–Crippen MR) is 114 cm³/mol. The Bertz CT molecular complexity index is 1020. The van der Waals surface area contributed by atoms with E-state index in [1.807, 2.05) is 6.07 Å². The lowest BCUT2D eigenvalue weighted by atomic mass is 9.86. The molecule has 1 aliphatic rings. The van der Waals surface area contributed by atoms with E-state index < -0.39 is 5.92 Å². The minimum absolute atomic E-state index is 0.152. The van der Waals surface area contributed by atoms with Crippen LogP contribution in [0, 0.1) is 0 Å². The van der Waals surface area contributed by atoms with Crippen molar-refractivity contribution in [2.24, 2.45) is 7.05 Å². The SMILES string of the molecule is C=CCOc1ccc([C@H]2CC(=O)Nc3c2c(=O)nc(SCC=C)n3C)cc1OC. The van der Waals surface area contributed by atoms with Crippen molar-refractivity contribution in [3.05, 3.63) is 65.0 Å². The van der Waals surface area contributed by atoms with Gasteiger partial charge in [-0.1, -0.05) is 36.6 Å². The van der Waals surface area contributed by atoms with E-state index in [0.717, 1.165) is 5.56 Å². The van der Waals surface area contributed by atoms with Gasteiger partial charge in [0.05, 0.1) is 12.7 Å². The second-order valence-corrected chi connectivity index (χ2v) is 7.42. The number of carbonyl (C=O) groups is 1. The number of amides is 1. The lowest BCUT2D eigenvalue weighted by Gasteiger charge is -2.27. The van der Waals surface area contributed by atoms with Gasteiger partial charge in [0.2, 0.25) is 5.91 Å². The number of carbonyl (C=O) groups excluding carboxylic acids is 1. The van der Waals surface area contributed by atoms with Gasteiger partial charge in [0.25, 0.3) is 5.56 Å². The van der Waals surface area contributed by atoms with Crippen LogP contribution < -0.4 is 20.3 Å². The van der Waals surface area contributed by atoms with Crippen LogP contribution >= 0.6 is 11.8 Å². The highest BCUT2D eigenvalue weighted by atomic mass is 32.2. The number of benzene rings is 1. The summed E-state index contributed by atoms with van der Waals surface area (Å²) in [6.07, 6.45) is 3.53. The number of aromatic nitrogens is 2. The quantitative estimate of drug-likeness (QED) is 0.407. The first kappa shape index (κ1) is 20.7. The smallest absolute Gasteiger partial charge is 0.279 e. The second kappa shape index (κ2) is 9.00. The third-order valence-electron chi connectivity index (χ3n) is 4.58. The maximum absolute atomic E-state index is 12.9. The molecule has 29 heavy (non-hydrogen) atoms. The summed E-state index contributed by atoms with van der Waals surface area (Å²) < 4.78 is 12.8. The summed E-state index contributed by atoms with van der Waals surface area (Å²) in [6.45, 7) is 7.67. The minimum Gasteiger partial charge on any atom is -0.493 e. The molecule has 0 saturated carbocycles. The Labute approximate surface area is 173 Å². The van der Waals surface area contributed by atoms with Gasteiger partial charge >= 0.3 is 0 Å². The first-order valence-corrected chi connectivity index (χ1v) is 10.0. The summed E-state index contributed by atoms with van der Waals surface area (Å²) in [5.41, 5.74) is 0.909. The average Bonchev–Trinajstić information content (AvgIpc) is 2.72. The number of thioether (sulfide) groups is 1. The molecule has 1 atom stereocenters. The molecule has 3 rings (SSSR count). The van der Waals surface area contributed by atoms with E-state index in [1.54, 1.807) is 43.0 Å². The van der Waals surface area contributed by atoms with Crippen molar-refractivity contribution < 1.29 is 14.3 Å². The van der Waals surface area contributed by atoms with Crippen LogP contribution in [0.25, 0.3) is 0 Å². The monoisotopic (exact) mass is 413 g/mol. The molecule has 1 N–H and O–H groups in total. The van der Waals surface area contributed by atoms with E-state index in [-0.39, 0.29) is 17.9 Å². The molecular weight excluding hydrogens is 390 g/mol. The largest absolute Gasteiger partial charge is 0.493 e. The fourth-order valence-electron chi connectivity index (χ4n) is 3.25. The predicted octanol–water partition coefficient (Wildman–Crippen LogP) is 3.11. The zero-order chi connectivity index (χ0) is 21.0. The molecule has 2 aromatic rings. The highest BCUT2D eigenvalue weighted by Crippen LogP contribution is 2.39. The van der Waals surface area contributed by atoms with Crippen LogP contribution in [0.4, 0.5) is 5.82 Å². The van der Waals surface area contributed by atoms with E-state index in [2.05, 4.69) is 23.5 Å². The molecule has 7 nitrogen and oxygen atoms in total. The third-order valence-corrected chi connectivity index (χ3v) is 5.60. The molecule has 0 unspecified atom stereocenters. The lowest BCUT2D eigenvalue weighted by Crippen LogP contribution is -2.33. The maximum atomic E-state index is 12.9. The van der Waals surface area contributed by atoms with Crippen molar-refractivity contribution >= 4 is 23.5 Å². The summed E-state index contributed by atoms with van der Waals surface area (Å²) in [5.74, 6) is 1.60. The van der Waals surface area contributed by atoms with Gasteiger partial charge in [0.1, 0.15) is 12.4 Å². The lowest BCUT2D eigenvalue weighted by molar-refractivity contribution is -0.116. The number of fused-ring (bicyclic) bond motifs is 1. The summed E-state index contributed by atoms with van der Waals surface area (Å²) in [4.78, 5) is 29.5. The van der Waals surface area contributed by atoms with Gasteiger partial charge in [-0.15, -0.1) is 6.58 Å². The molecule has 152 valence electrons. The Morgan fingerprint density at radius 1 is 1.31 bits per heavy atom. The summed E-state index contributed by atoms with van der Waals surface area (Å²) in [6, 6.07) is 5.41. The summed E-state index contributed by atoms with van der Waals surface area (Å²) in [7, 11) is 3.33. The topological polar surface area (TPSA) is 82.5 Å². The van der Waals surface area contributed by atoms with E-state index in [9.17, 15) is 9.59 Å². The second-order valence-electron chi connectivity index (χ2n) is 6.44. The van der Waals surface area contributed by atoms with E-state index in [4.69, 9.17) is 9.47 Å². The Morgan fingerprint density at radius 2 is 2.10 bits per heavy atom. The molecule has 0 aliphatic carbocycles. The van der Waals surface area contributed by atoms with E-state index in [1.165, 1.54) is 11.8 Å². The number of methoxy groups -OCH3 is 1. The standard InChI is InChI=1S/C21H23N3O4S/c1-5-9-28-15-8-7-13(11-16(15)27-4)14-12-17(25)22-19-18(14)20(26)23-21(24(19)3)29-10-6-2/h5-8,11,14H,1-2,9-10,12H2,3-4H3,(H,22,25)/t14-/m1/s1. The van der Waals surface area contributed by atoms with Crippen molar-refractivity contribution in [3.63, 3.8) is 0 Å². The van der Waals surface area contributed by atoms with Crippen LogP contribution in [0.2, 0.25) is 0 Å². The highest BCUT2D eigenvalue weighted by Gasteiger charge is 2.32. The highest BCUT2D eigenvalue weighted by molar-refractivity contribution is 7.99. The van der Waals surface area contributed by atoms with Gasteiger partial charge in [-0.3, -0.25) is 9.59 Å². The van der Waals surface area contributed by atoms with Crippen LogP contribution in [0.15, 0.2) is 53.5 Å². The van der Waals surface area contributed by atoms with Gasteiger partial charge < -0.3 is 19.4 Å². The molecule has 0 saturated heterocycles. The number of rotatable bonds is 8. The summed E-state index contributed by atoms with van der Waals surface area (Å²) in [5, 5.41) is 3.36. The van der Waals surface area contributed by atoms with Crippen LogP contribution in [-0.4, -0.2) is 34.9 Å². The number of nitrogens with one attached hydrogen (secondary N) is 1. The molecule has 0 fully saturated rings. The molecule has 2 heterocycles. The number of anilines is 1. The minimum atomic E-state index is -0.425. The molecule has 0 spiro atoms. The van der Waals surface area contributed by atoms with E-state index in [0.29, 0.717) is 40.4 Å². The number of nitrogens with zero attached hydrogens (tertiary/aromatic N) is 2. The molecule has 1 aliphatic heterocycles. The Morgan fingerprint density at radius 3 is 2.79 bits per heavy atom.